The average molecular weight is 295 g/mol. The fraction of sp³-hybridized carbons (Fsp3) is 0.583. The summed E-state index contributed by atoms with van der Waals surface area (Å²) in [5.41, 5.74) is 5.14. The van der Waals surface area contributed by atoms with Gasteiger partial charge in [-0.2, -0.15) is 13.2 Å². The normalized spacial score (nSPS) is 17.7. The second kappa shape index (κ2) is 5.54. The first-order valence-electron chi connectivity index (χ1n) is 5.97. The van der Waals surface area contributed by atoms with Gasteiger partial charge in [-0.25, -0.2) is 4.98 Å². The van der Waals surface area contributed by atoms with Crippen LogP contribution in [-0.4, -0.2) is 18.2 Å². The van der Waals surface area contributed by atoms with E-state index in [0.717, 1.165) is 18.9 Å². The van der Waals surface area contributed by atoms with Crippen molar-refractivity contribution in [2.45, 2.75) is 25.4 Å². The molecule has 0 spiro atoms. The van der Waals surface area contributed by atoms with E-state index in [4.69, 9.17) is 22.1 Å². The molecule has 0 atom stereocenters. The van der Waals surface area contributed by atoms with E-state index < -0.39 is 16.9 Å². The van der Waals surface area contributed by atoms with Crippen molar-refractivity contribution in [1.82, 2.24) is 4.98 Å². The summed E-state index contributed by atoms with van der Waals surface area (Å²) in [5.74, 6) is 0.351. The number of hydrogen-bond donors (Lipinski definition) is 1. The van der Waals surface area contributed by atoms with Gasteiger partial charge in [-0.1, -0.05) is 11.6 Å². The largest absolute Gasteiger partial charge is 0.419 e. The van der Waals surface area contributed by atoms with E-state index in [0.29, 0.717) is 25.2 Å². The molecule has 0 radical (unpaired) electrons. The number of pyridine rings is 1. The number of aromatic nitrogens is 1. The summed E-state index contributed by atoms with van der Waals surface area (Å²) >= 11 is 5.50. The van der Waals surface area contributed by atoms with Gasteiger partial charge in [0, 0.05) is 13.2 Å². The summed E-state index contributed by atoms with van der Waals surface area (Å²) in [6.45, 7) is 1.27. The first kappa shape index (κ1) is 14.4. The van der Waals surface area contributed by atoms with Crippen molar-refractivity contribution in [2.24, 2.45) is 5.92 Å². The lowest BCUT2D eigenvalue weighted by atomic mass is 9.92. The zero-order valence-electron chi connectivity index (χ0n) is 10.1. The second-order valence-corrected chi connectivity index (χ2v) is 4.99. The van der Waals surface area contributed by atoms with Crippen molar-refractivity contribution in [3.8, 4) is 0 Å². The summed E-state index contributed by atoms with van der Waals surface area (Å²) in [6.07, 6.45) is -2.39. The average Bonchev–Trinajstić information content (AvgIpc) is 2.32. The monoisotopic (exact) mass is 294 g/mol. The molecule has 1 saturated heterocycles. The van der Waals surface area contributed by atoms with Crippen LogP contribution in [0.3, 0.4) is 0 Å². The van der Waals surface area contributed by atoms with Crippen LogP contribution in [0.5, 0.6) is 0 Å². The van der Waals surface area contributed by atoms with E-state index in [-0.39, 0.29) is 11.7 Å². The van der Waals surface area contributed by atoms with Gasteiger partial charge >= 0.3 is 6.18 Å². The molecule has 0 unspecified atom stereocenters. The first-order valence-corrected chi connectivity index (χ1v) is 6.35. The van der Waals surface area contributed by atoms with Crippen LogP contribution in [0.15, 0.2) is 6.07 Å². The molecular formula is C12H14ClF3N2O. The molecule has 106 valence electrons. The molecule has 1 fully saturated rings. The van der Waals surface area contributed by atoms with E-state index in [1.807, 2.05) is 0 Å². The van der Waals surface area contributed by atoms with E-state index in [1.165, 1.54) is 0 Å². The highest BCUT2D eigenvalue weighted by atomic mass is 35.5. The van der Waals surface area contributed by atoms with E-state index in [9.17, 15) is 13.2 Å². The molecule has 0 aliphatic carbocycles. The third-order valence-electron chi connectivity index (χ3n) is 3.24. The maximum Gasteiger partial charge on any atom is 0.419 e. The van der Waals surface area contributed by atoms with Crippen LogP contribution in [0.2, 0.25) is 5.15 Å². The van der Waals surface area contributed by atoms with Gasteiger partial charge < -0.3 is 10.5 Å². The summed E-state index contributed by atoms with van der Waals surface area (Å²) < 4.78 is 43.5. The molecule has 0 amide bonds. The number of nitrogen functional groups attached to an aromatic ring is 1. The third-order valence-corrected chi connectivity index (χ3v) is 3.53. The van der Waals surface area contributed by atoms with Gasteiger partial charge in [0.2, 0.25) is 0 Å². The predicted octanol–water partition coefficient (Wildman–Crippen LogP) is 3.31. The molecule has 1 aromatic heterocycles. The van der Waals surface area contributed by atoms with Crippen molar-refractivity contribution >= 4 is 17.4 Å². The van der Waals surface area contributed by atoms with E-state index in [1.54, 1.807) is 0 Å². The van der Waals surface area contributed by atoms with Crippen LogP contribution in [0, 0.1) is 5.92 Å². The molecule has 0 bridgehead atoms. The second-order valence-electron chi connectivity index (χ2n) is 4.63. The number of hydrogen-bond acceptors (Lipinski definition) is 3. The maximum atomic E-state index is 12.8. The zero-order valence-corrected chi connectivity index (χ0v) is 10.9. The summed E-state index contributed by atoms with van der Waals surface area (Å²) in [4.78, 5) is 3.60. The summed E-state index contributed by atoms with van der Waals surface area (Å²) in [5, 5.41) is -0.597. The number of ether oxygens (including phenoxy) is 1. The predicted molar refractivity (Wildman–Crippen MR) is 65.9 cm³/mol. The van der Waals surface area contributed by atoms with Gasteiger partial charge in [-0.05, 0) is 36.8 Å². The Labute approximate surface area is 113 Å². The zero-order chi connectivity index (χ0) is 14.0. The van der Waals surface area contributed by atoms with Gasteiger partial charge in [-0.3, -0.25) is 0 Å². The van der Waals surface area contributed by atoms with Crippen LogP contribution in [-0.2, 0) is 17.3 Å². The van der Waals surface area contributed by atoms with Crippen LogP contribution in [0.4, 0.5) is 19.0 Å². The van der Waals surface area contributed by atoms with Gasteiger partial charge in [-0.15, -0.1) is 0 Å². The number of nitrogens with two attached hydrogens (primary N) is 1. The Bertz CT molecular complexity index is 459. The number of halogens is 4. The molecule has 0 aromatic carbocycles. The molecule has 3 nitrogen and oxygen atoms in total. The van der Waals surface area contributed by atoms with Crippen molar-refractivity contribution < 1.29 is 17.9 Å². The molecule has 19 heavy (non-hydrogen) atoms. The lowest BCUT2D eigenvalue weighted by molar-refractivity contribution is -0.137. The summed E-state index contributed by atoms with van der Waals surface area (Å²) in [7, 11) is 0. The Kier molecular flexibility index (Phi) is 4.20. The topological polar surface area (TPSA) is 48.1 Å². The SMILES string of the molecule is Nc1nc(Cl)c(C(F)(F)F)cc1CC1CCOCC1. The molecule has 2 rings (SSSR count). The number of alkyl halides is 3. The standard InChI is InChI=1S/C12H14ClF3N2O/c13-10-9(12(14,15)16)6-8(11(17)18-10)5-7-1-3-19-4-2-7/h6-7H,1-5H2,(H2,17,18). The van der Waals surface area contributed by atoms with Gasteiger partial charge in [0.1, 0.15) is 11.0 Å². The van der Waals surface area contributed by atoms with Crippen molar-refractivity contribution in [1.29, 1.82) is 0 Å². The first-order chi connectivity index (χ1) is 8.88. The lowest BCUT2D eigenvalue weighted by Crippen LogP contribution is -2.19. The minimum Gasteiger partial charge on any atom is -0.383 e. The highest BCUT2D eigenvalue weighted by molar-refractivity contribution is 6.30. The van der Waals surface area contributed by atoms with Crippen LogP contribution < -0.4 is 5.73 Å². The Balaban J connectivity index is 2.24. The molecular weight excluding hydrogens is 281 g/mol. The number of rotatable bonds is 2. The van der Waals surface area contributed by atoms with Crippen molar-refractivity contribution in [2.75, 3.05) is 18.9 Å². The van der Waals surface area contributed by atoms with E-state index in [2.05, 4.69) is 4.98 Å². The fourth-order valence-corrected chi connectivity index (χ4v) is 2.42. The molecule has 1 aromatic rings. The molecule has 1 aliphatic rings. The van der Waals surface area contributed by atoms with Gasteiger partial charge in [0.25, 0.3) is 0 Å². The third kappa shape index (κ3) is 3.51. The quantitative estimate of drug-likeness (QED) is 0.851. The van der Waals surface area contributed by atoms with Crippen LogP contribution >= 0.6 is 11.6 Å². The molecule has 1 aliphatic heterocycles. The summed E-state index contributed by atoms with van der Waals surface area (Å²) in [6, 6.07) is 1.01. The smallest absolute Gasteiger partial charge is 0.383 e. The molecule has 2 N–H and O–H groups in total. The van der Waals surface area contributed by atoms with E-state index >= 15 is 0 Å². The fourth-order valence-electron chi connectivity index (χ4n) is 2.17. The Morgan fingerprint density at radius 3 is 2.58 bits per heavy atom. The molecule has 2 heterocycles. The van der Waals surface area contributed by atoms with Crippen LogP contribution in [0.1, 0.15) is 24.0 Å². The Hall–Kier alpha value is -1.01. The number of anilines is 1. The maximum absolute atomic E-state index is 12.8. The minimum absolute atomic E-state index is 0.0736. The van der Waals surface area contributed by atoms with Crippen molar-refractivity contribution in [3.63, 3.8) is 0 Å². The molecule has 0 saturated carbocycles. The lowest BCUT2D eigenvalue weighted by Gasteiger charge is -2.23. The Morgan fingerprint density at radius 2 is 2.00 bits per heavy atom. The van der Waals surface area contributed by atoms with Crippen molar-refractivity contribution in [3.05, 3.63) is 22.3 Å². The number of nitrogens with zero attached hydrogens (tertiary/aromatic N) is 1. The molecule has 7 heteroatoms. The van der Waals surface area contributed by atoms with Gasteiger partial charge in [0.05, 0.1) is 5.56 Å². The van der Waals surface area contributed by atoms with Crippen LogP contribution in [0.25, 0.3) is 0 Å². The Morgan fingerprint density at radius 1 is 1.37 bits per heavy atom. The highest BCUT2D eigenvalue weighted by Crippen LogP contribution is 2.36. The minimum atomic E-state index is -4.51. The van der Waals surface area contributed by atoms with Gasteiger partial charge in [0.15, 0.2) is 0 Å². The highest BCUT2D eigenvalue weighted by Gasteiger charge is 2.35.